The number of amides is 1. The van der Waals surface area contributed by atoms with Crippen molar-refractivity contribution in [1.29, 1.82) is 0 Å². The molecule has 0 saturated heterocycles. The monoisotopic (exact) mass is 491 g/mol. The van der Waals surface area contributed by atoms with Crippen molar-refractivity contribution >= 4 is 67.2 Å². The number of hydrogen-bond donors (Lipinski definition) is 1. The van der Waals surface area contributed by atoms with Crippen molar-refractivity contribution in [2.24, 2.45) is 5.92 Å². The summed E-state index contributed by atoms with van der Waals surface area (Å²) in [5.41, 5.74) is 1.38. The van der Waals surface area contributed by atoms with E-state index in [2.05, 4.69) is 12.2 Å². The Morgan fingerprint density at radius 1 is 1.16 bits per heavy atom. The molecule has 1 amide bonds. The highest BCUT2D eigenvalue weighted by Gasteiger charge is 2.29. The van der Waals surface area contributed by atoms with Gasteiger partial charge in [-0.05, 0) is 43.7 Å². The molecule has 2 aromatic heterocycles. The number of rotatable bonds is 6. The Morgan fingerprint density at radius 2 is 1.94 bits per heavy atom. The van der Waals surface area contributed by atoms with Gasteiger partial charge in [0, 0.05) is 15.0 Å². The van der Waals surface area contributed by atoms with Crippen molar-refractivity contribution in [3.63, 3.8) is 0 Å². The van der Waals surface area contributed by atoms with Crippen molar-refractivity contribution in [2.45, 2.75) is 33.1 Å². The molecule has 1 aromatic carbocycles. The van der Waals surface area contributed by atoms with Crippen LogP contribution in [0.4, 0.5) is 5.00 Å². The minimum atomic E-state index is -0.656. The fraction of sp³-hybridized carbons (Fsp3) is 0.348. The van der Waals surface area contributed by atoms with Crippen LogP contribution in [-0.2, 0) is 27.1 Å². The van der Waals surface area contributed by atoms with E-state index >= 15 is 0 Å². The largest absolute Gasteiger partial charge is 0.462 e. The van der Waals surface area contributed by atoms with Gasteiger partial charge in [-0.2, -0.15) is 0 Å². The molecule has 0 fully saturated rings. The van der Waals surface area contributed by atoms with Crippen molar-refractivity contribution in [2.75, 3.05) is 18.5 Å². The second-order valence-corrected chi connectivity index (χ2v) is 10.2. The Hall–Kier alpha value is -2.42. The van der Waals surface area contributed by atoms with E-state index in [0.717, 1.165) is 39.8 Å². The maximum atomic E-state index is 12.6. The fourth-order valence-electron chi connectivity index (χ4n) is 3.76. The molecule has 4 rings (SSSR count). The lowest BCUT2D eigenvalue weighted by Gasteiger charge is -2.18. The van der Waals surface area contributed by atoms with Crippen LogP contribution < -0.4 is 5.32 Å². The minimum Gasteiger partial charge on any atom is -0.462 e. The van der Waals surface area contributed by atoms with Gasteiger partial charge in [-0.1, -0.05) is 36.7 Å². The number of esters is 2. The summed E-state index contributed by atoms with van der Waals surface area (Å²) in [5.74, 6) is -1.10. The van der Waals surface area contributed by atoms with Gasteiger partial charge >= 0.3 is 11.9 Å². The van der Waals surface area contributed by atoms with Crippen LogP contribution in [0.1, 0.15) is 50.7 Å². The predicted molar refractivity (Wildman–Crippen MR) is 127 cm³/mol. The number of fused-ring (bicyclic) bond motifs is 2. The summed E-state index contributed by atoms with van der Waals surface area (Å²) < 4.78 is 11.3. The number of ether oxygens (including phenoxy) is 2. The summed E-state index contributed by atoms with van der Waals surface area (Å²) in [6, 6.07) is 7.39. The smallest absolute Gasteiger partial charge is 0.350 e. The second-order valence-electron chi connectivity index (χ2n) is 7.64. The van der Waals surface area contributed by atoms with Crippen LogP contribution in [-0.4, -0.2) is 31.1 Å². The van der Waals surface area contributed by atoms with Gasteiger partial charge in [-0.25, -0.2) is 9.59 Å². The quantitative estimate of drug-likeness (QED) is 0.446. The van der Waals surface area contributed by atoms with Gasteiger partial charge in [0.15, 0.2) is 6.61 Å². The molecule has 6 nitrogen and oxygen atoms in total. The van der Waals surface area contributed by atoms with Gasteiger partial charge in [0.25, 0.3) is 5.91 Å². The molecule has 3 aromatic rings. The van der Waals surface area contributed by atoms with Gasteiger partial charge in [0.05, 0.1) is 17.2 Å². The highest BCUT2D eigenvalue weighted by molar-refractivity contribution is 7.21. The van der Waals surface area contributed by atoms with Crippen molar-refractivity contribution in [3.05, 3.63) is 50.2 Å². The highest BCUT2D eigenvalue weighted by atomic mass is 35.5. The van der Waals surface area contributed by atoms with Crippen LogP contribution in [0.15, 0.2) is 24.3 Å². The second kappa shape index (κ2) is 9.60. The van der Waals surface area contributed by atoms with Gasteiger partial charge < -0.3 is 14.8 Å². The highest BCUT2D eigenvalue weighted by Crippen LogP contribution is 2.40. The Morgan fingerprint density at radius 3 is 2.69 bits per heavy atom. The van der Waals surface area contributed by atoms with Gasteiger partial charge in [0.2, 0.25) is 0 Å². The molecule has 1 unspecified atom stereocenters. The lowest BCUT2D eigenvalue weighted by atomic mass is 9.88. The number of halogens is 1. The first-order valence-electron chi connectivity index (χ1n) is 10.3. The number of benzene rings is 1. The lowest BCUT2D eigenvalue weighted by molar-refractivity contribution is -0.119. The SMILES string of the molecule is CCOC(=O)c1c(NC(=O)COC(=O)c2sc3ccccc3c2Cl)sc2c1CCC(C)C2. The van der Waals surface area contributed by atoms with Crippen LogP contribution >= 0.6 is 34.3 Å². The molecule has 32 heavy (non-hydrogen) atoms. The molecule has 1 N–H and O–H groups in total. The van der Waals surface area contributed by atoms with E-state index in [1.165, 1.54) is 22.7 Å². The number of carbonyl (C=O) groups excluding carboxylic acids is 3. The van der Waals surface area contributed by atoms with Crippen molar-refractivity contribution in [1.82, 2.24) is 0 Å². The third-order valence-corrected chi connectivity index (χ3v) is 8.12. The standard InChI is InChI=1S/C23H22ClNO5S2/c1-3-29-22(27)18-13-9-8-12(2)10-16(13)32-21(18)25-17(26)11-30-23(28)20-19(24)14-6-4-5-7-15(14)31-20/h4-7,12H,3,8-11H2,1-2H3,(H,25,26). The average molecular weight is 492 g/mol. The lowest BCUT2D eigenvalue weighted by Crippen LogP contribution is -2.22. The average Bonchev–Trinajstić information content (AvgIpc) is 3.29. The molecule has 2 heterocycles. The van der Waals surface area contributed by atoms with Crippen LogP contribution in [0.5, 0.6) is 0 Å². The van der Waals surface area contributed by atoms with Crippen LogP contribution in [0, 0.1) is 5.92 Å². The number of thiophene rings is 2. The number of hydrogen-bond acceptors (Lipinski definition) is 7. The van der Waals surface area contributed by atoms with Gasteiger partial charge in [-0.15, -0.1) is 22.7 Å². The summed E-state index contributed by atoms with van der Waals surface area (Å²) >= 11 is 8.92. The Bertz CT molecular complexity index is 1200. The molecule has 0 aliphatic heterocycles. The summed E-state index contributed by atoms with van der Waals surface area (Å²) in [6.07, 6.45) is 2.62. The Balaban J connectivity index is 1.47. The van der Waals surface area contributed by atoms with Crippen molar-refractivity contribution in [3.8, 4) is 0 Å². The first-order valence-corrected chi connectivity index (χ1v) is 12.4. The zero-order valence-electron chi connectivity index (χ0n) is 17.7. The molecule has 0 bridgehead atoms. The van der Waals surface area contributed by atoms with E-state index in [4.69, 9.17) is 21.1 Å². The normalized spacial score (nSPS) is 15.3. The summed E-state index contributed by atoms with van der Waals surface area (Å²) in [7, 11) is 0. The van der Waals surface area contributed by atoms with E-state index in [0.29, 0.717) is 21.5 Å². The summed E-state index contributed by atoms with van der Waals surface area (Å²) in [4.78, 5) is 39.0. The molecule has 0 saturated carbocycles. The number of nitrogens with one attached hydrogen (secondary N) is 1. The molecule has 1 aliphatic rings. The summed E-state index contributed by atoms with van der Waals surface area (Å²) in [5, 5.41) is 4.28. The third-order valence-electron chi connectivity index (χ3n) is 5.30. The van der Waals surface area contributed by atoms with E-state index in [-0.39, 0.29) is 11.5 Å². The van der Waals surface area contributed by atoms with E-state index in [9.17, 15) is 14.4 Å². The molecule has 0 spiro atoms. The van der Waals surface area contributed by atoms with Crippen LogP contribution in [0.3, 0.4) is 0 Å². The predicted octanol–water partition coefficient (Wildman–Crippen LogP) is 5.71. The molecule has 168 valence electrons. The first kappa shape index (κ1) is 22.8. The molecule has 9 heteroatoms. The third kappa shape index (κ3) is 4.53. The van der Waals surface area contributed by atoms with E-state index < -0.39 is 24.5 Å². The van der Waals surface area contributed by atoms with E-state index in [1.54, 1.807) is 6.92 Å². The van der Waals surface area contributed by atoms with E-state index in [1.807, 2.05) is 24.3 Å². The molecule has 1 aliphatic carbocycles. The minimum absolute atomic E-state index is 0.251. The number of carbonyl (C=O) groups is 3. The zero-order valence-corrected chi connectivity index (χ0v) is 20.0. The molecular formula is C23H22ClNO5S2. The topological polar surface area (TPSA) is 81.7 Å². The zero-order chi connectivity index (χ0) is 22.8. The van der Waals surface area contributed by atoms with Crippen LogP contribution in [0.2, 0.25) is 5.02 Å². The Kier molecular flexibility index (Phi) is 6.83. The number of anilines is 1. The maximum Gasteiger partial charge on any atom is 0.350 e. The fourth-order valence-corrected chi connectivity index (χ4v) is 6.58. The summed E-state index contributed by atoms with van der Waals surface area (Å²) in [6.45, 7) is 3.69. The molecule has 0 radical (unpaired) electrons. The Labute approximate surface area is 198 Å². The molecular weight excluding hydrogens is 470 g/mol. The molecule has 1 atom stereocenters. The maximum absolute atomic E-state index is 12.6. The van der Waals surface area contributed by atoms with Crippen molar-refractivity contribution < 1.29 is 23.9 Å². The van der Waals surface area contributed by atoms with Gasteiger partial charge in [0.1, 0.15) is 9.88 Å². The van der Waals surface area contributed by atoms with Crippen LogP contribution in [0.25, 0.3) is 10.1 Å². The first-order chi connectivity index (χ1) is 15.4. The van der Waals surface area contributed by atoms with Gasteiger partial charge in [-0.3, -0.25) is 4.79 Å².